The van der Waals surface area contributed by atoms with Crippen LogP contribution in [-0.4, -0.2) is 56.3 Å². The van der Waals surface area contributed by atoms with E-state index in [1.165, 1.54) is 6.07 Å². The zero-order valence-electron chi connectivity index (χ0n) is 16.9. The summed E-state index contributed by atoms with van der Waals surface area (Å²) in [5, 5.41) is 15.4. The van der Waals surface area contributed by atoms with Crippen LogP contribution in [0.25, 0.3) is 0 Å². The Bertz CT molecular complexity index is 669. The van der Waals surface area contributed by atoms with Gasteiger partial charge in [0.2, 0.25) is 0 Å². The molecule has 1 aromatic rings. The molecule has 6 nitrogen and oxygen atoms in total. The number of hydrogen-bond donors (Lipinski definition) is 2. The van der Waals surface area contributed by atoms with Gasteiger partial charge in [0.05, 0.1) is 24.3 Å². The molecule has 0 amide bonds. The van der Waals surface area contributed by atoms with E-state index in [1.807, 2.05) is 6.07 Å². The number of halogens is 2. The molecule has 1 aliphatic rings. The fourth-order valence-electron chi connectivity index (χ4n) is 3.05. The van der Waals surface area contributed by atoms with Crippen molar-refractivity contribution in [2.75, 3.05) is 33.3 Å². The van der Waals surface area contributed by atoms with Gasteiger partial charge in [0.15, 0.2) is 5.96 Å². The molecular formula is C20H31FIN5O. The van der Waals surface area contributed by atoms with Gasteiger partial charge in [-0.3, -0.25) is 4.99 Å². The van der Waals surface area contributed by atoms with E-state index in [0.717, 1.165) is 39.1 Å². The van der Waals surface area contributed by atoms with Crippen molar-refractivity contribution in [3.63, 3.8) is 0 Å². The number of hydrogen-bond acceptors (Lipinski definition) is 4. The highest BCUT2D eigenvalue weighted by atomic mass is 127. The first kappa shape index (κ1) is 24.6. The lowest BCUT2D eigenvalue weighted by atomic mass is 10.1. The van der Waals surface area contributed by atoms with Crippen LogP contribution in [0.1, 0.15) is 37.8 Å². The summed E-state index contributed by atoms with van der Waals surface area (Å²) in [7, 11) is 1.71. The van der Waals surface area contributed by atoms with Gasteiger partial charge in [-0.1, -0.05) is 6.07 Å². The van der Waals surface area contributed by atoms with E-state index in [-0.39, 0.29) is 35.9 Å². The topological polar surface area (TPSA) is 72.7 Å². The van der Waals surface area contributed by atoms with E-state index in [2.05, 4.69) is 34.4 Å². The van der Waals surface area contributed by atoms with Crippen LogP contribution in [0.5, 0.6) is 0 Å². The summed E-state index contributed by atoms with van der Waals surface area (Å²) in [5.74, 6) is 0.286. The summed E-state index contributed by atoms with van der Waals surface area (Å²) in [6.07, 6.45) is 2.35. The molecule has 2 rings (SSSR count). The Balaban J connectivity index is 0.00000392. The SMILES string of the molecule is CN=C(NCc1ccc(C#N)cc1F)NC1CCN(CCOC(C)C)CC1.I. The molecular weight excluding hydrogens is 472 g/mol. The Morgan fingerprint density at radius 1 is 1.39 bits per heavy atom. The van der Waals surface area contributed by atoms with Crippen molar-refractivity contribution in [1.29, 1.82) is 5.26 Å². The summed E-state index contributed by atoms with van der Waals surface area (Å²) in [4.78, 5) is 6.65. The Labute approximate surface area is 184 Å². The predicted molar refractivity (Wildman–Crippen MR) is 120 cm³/mol. The van der Waals surface area contributed by atoms with Gasteiger partial charge in [-0.05, 0) is 38.8 Å². The van der Waals surface area contributed by atoms with E-state index in [0.29, 0.717) is 29.7 Å². The average Bonchev–Trinajstić information content (AvgIpc) is 2.66. The van der Waals surface area contributed by atoms with Crippen LogP contribution in [-0.2, 0) is 11.3 Å². The van der Waals surface area contributed by atoms with Crippen molar-refractivity contribution in [3.05, 3.63) is 35.1 Å². The fourth-order valence-corrected chi connectivity index (χ4v) is 3.05. The van der Waals surface area contributed by atoms with E-state index in [9.17, 15) is 4.39 Å². The van der Waals surface area contributed by atoms with Crippen LogP contribution in [0.15, 0.2) is 23.2 Å². The number of aliphatic imine (C=N–C) groups is 1. The van der Waals surface area contributed by atoms with Crippen LogP contribution in [0.4, 0.5) is 4.39 Å². The third-order valence-electron chi connectivity index (χ3n) is 4.64. The predicted octanol–water partition coefficient (Wildman–Crippen LogP) is 2.87. The first-order chi connectivity index (χ1) is 13.0. The Morgan fingerprint density at radius 3 is 2.68 bits per heavy atom. The normalized spacial score (nSPS) is 15.8. The highest BCUT2D eigenvalue weighted by Crippen LogP contribution is 2.11. The largest absolute Gasteiger partial charge is 0.377 e. The van der Waals surface area contributed by atoms with E-state index in [4.69, 9.17) is 10.00 Å². The van der Waals surface area contributed by atoms with Crippen molar-refractivity contribution < 1.29 is 9.13 Å². The maximum Gasteiger partial charge on any atom is 0.191 e. The van der Waals surface area contributed by atoms with E-state index in [1.54, 1.807) is 19.2 Å². The van der Waals surface area contributed by atoms with Crippen LogP contribution in [0.3, 0.4) is 0 Å². The minimum Gasteiger partial charge on any atom is -0.377 e. The van der Waals surface area contributed by atoms with Crippen molar-refractivity contribution >= 4 is 29.9 Å². The quantitative estimate of drug-likeness (QED) is 0.340. The highest BCUT2D eigenvalue weighted by molar-refractivity contribution is 14.0. The molecule has 1 aliphatic heterocycles. The summed E-state index contributed by atoms with van der Waals surface area (Å²) in [6, 6.07) is 6.80. The van der Waals surface area contributed by atoms with Gasteiger partial charge < -0.3 is 20.3 Å². The van der Waals surface area contributed by atoms with Gasteiger partial charge in [-0.15, -0.1) is 24.0 Å². The third-order valence-corrected chi connectivity index (χ3v) is 4.64. The first-order valence-corrected chi connectivity index (χ1v) is 9.51. The molecule has 0 saturated carbocycles. The lowest BCUT2D eigenvalue weighted by Gasteiger charge is -2.33. The maximum absolute atomic E-state index is 14.0. The van der Waals surface area contributed by atoms with Crippen LogP contribution < -0.4 is 10.6 Å². The van der Waals surface area contributed by atoms with E-state index >= 15 is 0 Å². The van der Waals surface area contributed by atoms with Crippen LogP contribution >= 0.6 is 24.0 Å². The zero-order chi connectivity index (χ0) is 19.6. The molecule has 0 unspecified atom stereocenters. The van der Waals surface area contributed by atoms with Gasteiger partial charge in [0.25, 0.3) is 0 Å². The lowest BCUT2D eigenvalue weighted by molar-refractivity contribution is 0.0532. The Morgan fingerprint density at radius 2 is 2.11 bits per heavy atom. The molecule has 0 aliphatic carbocycles. The molecule has 28 heavy (non-hydrogen) atoms. The summed E-state index contributed by atoms with van der Waals surface area (Å²) in [5.41, 5.74) is 0.834. The number of piperidine rings is 1. The number of benzene rings is 1. The van der Waals surface area contributed by atoms with Crippen molar-refractivity contribution in [1.82, 2.24) is 15.5 Å². The number of nitriles is 1. The van der Waals surface area contributed by atoms with Gasteiger partial charge >= 0.3 is 0 Å². The second kappa shape index (κ2) is 12.9. The van der Waals surface area contributed by atoms with Crippen LogP contribution in [0.2, 0.25) is 0 Å². The number of likely N-dealkylation sites (tertiary alicyclic amines) is 1. The first-order valence-electron chi connectivity index (χ1n) is 9.51. The van der Waals surface area contributed by atoms with Gasteiger partial charge in [0, 0.05) is 44.8 Å². The summed E-state index contributed by atoms with van der Waals surface area (Å²) in [6.45, 7) is 8.23. The van der Waals surface area contributed by atoms with Crippen LogP contribution in [0, 0.1) is 17.1 Å². The molecule has 0 aromatic heterocycles. The fraction of sp³-hybridized carbons (Fsp3) is 0.600. The molecule has 0 spiro atoms. The smallest absolute Gasteiger partial charge is 0.191 e. The lowest BCUT2D eigenvalue weighted by Crippen LogP contribution is -2.49. The number of nitrogens with zero attached hydrogens (tertiary/aromatic N) is 3. The number of ether oxygens (including phenoxy) is 1. The minimum absolute atomic E-state index is 0. The zero-order valence-corrected chi connectivity index (χ0v) is 19.2. The Kier molecular flexibility index (Phi) is 11.3. The number of rotatable bonds is 7. The monoisotopic (exact) mass is 503 g/mol. The molecule has 8 heteroatoms. The molecule has 2 N–H and O–H groups in total. The Hall–Kier alpha value is -1.44. The highest BCUT2D eigenvalue weighted by Gasteiger charge is 2.20. The minimum atomic E-state index is -0.381. The maximum atomic E-state index is 14.0. The molecule has 156 valence electrons. The van der Waals surface area contributed by atoms with Crippen molar-refractivity contribution in [3.8, 4) is 6.07 Å². The standard InChI is InChI=1S/C20H30FN5O.HI/c1-15(2)27-11-10-26-8-6-18(7-9-26)25-20(23-3)24-14-17-5-4-16(13-22)12-19(17)21;/h4-5,12,15,18H,6-11,14H2,1-3H3,(H2,23,24,25);1H. The third kappa shape index (κ3) is 8.29. The molecule has 0 bridgehead atoms. The summed E-state index contributed by atoms with van der Waals surface area (Å²) >= 11 is 0. The molecule has 1 heterocycles. The van der Waals surface area contributed by atoms with Gasteiger partial charge in [-0.25, -0.2) is 4.39 Å². The van der Waals surface area contributed by atoms with Crippen molar-refractivity contribution in [2.24, 2.45) is 4.99 Å². The average molecular weight is 503 g/mol. The van der Waals surface area contributed by atoms with E-state index < -0.39 is 0 Å². The molecule has 1 aromatic carbocycles. The molecule has 1 fully saturated rings. The molecule has 0 radical (unpaired) electrons. The molecule has 0 atom stereocenters. The van der Waals surface area contributed by atoms with Gasteiger partial charge in [0.1, 0.15) is 5.82 Å². The summed E-state index contributed by atoms with van der Waals surface area (Å²) < 4.78 is 19.6. The second-order valence-corrected chi connectivity index (χ2v) is 7.02. The van der Waals surface area contributed by atoms with Gasteiger partial charge in [-0.2, -0.15) is 5.26 Å². The molecule has 1 saturated heterocycles. The van der Waals surface area contributed by atoms with Crippen molar-refractivity contribution in [2.45, 2.75) is 45.4 Å². The number of nitrogens with one attached hydrogen (secondary N) is 2. The number of guanidine groups is 1. The second-order valence-electron chi connectivity index (χ2n) is 7.02.